The molecule has 19 heavy (non-hydrogen) atoms. The fourth-order valence-electron chi connectivity index (χ4n) is 1.58. The molecule has 9 heteroatoms. The first-order chi connectivity index (χ1) is 8.89. The van der Waals surface area contributed by atoms with Crippen molar-refractivity contribution in [3.8, 4) is 0 Å². The number of hydrogen-bond donors (Lipinski definition) is 1. The van der Waals surface area contributed by atoms with E-state index in [1.807, 2.05) is 0 Å². The smallest absolute Gasteiger partial charge is 0.324 e. The Morgan fingerprint density at radius 2 is 1.89 bits per heavy atom. The lowest BCUT2D eigenvalue weighted by Gasteiger charge is -2.26. The molecule has 0 radical (unpaired) electrons. The molecule has 7 nitrogen and oxygen atoms in total. The van der Waals surface area contributed by atoms with Crippen LogP contribution in [0.3, 0.4) is 0 Å². The van der Waals surface area contributed by atoms with Crippen LogP contribution in [0, 0.1) is 0 Å². The Labute approximate surface area is 112 Å². The molecule has 1 heterocycles. The molecule has 108 valence electrons. The third-order valence-corrected chi connectivity index (χ3v) is 7.77. The minimum atomic E-state index is -4.14. The van der Waals surface area contributed by atoms with Gasteiger partial charge in [-0.15, -0.1) is 0 Å². The minimum Gasteiger partial charge on any atom is -0.324 e. The summed E-state index contributed by atoms with van der Waals surface area (Å²) in [4.78, 5) is 13.7. The Bertz CT molecular complexity index is 486. The van der Waals surface area contributed by atoms with Crippen molar-refractivity contribution in [1.29, 1.82) is 0 Å². The van der Waals surface area contributed by atoms with Gasteiger partial charge in [0.25, 0.3) is 0 Å². The average molecular weight is 309 g/mol. The van der Waals surface area contributed by atoms with E-state index in [2.05, 4.69) is 9.51 Å². The third kappa shape index (κ3) is 3.96. The van der Waals surface area contributed by atoms with Crippen LogP contribution in [0.1, 0.15) is 5.56 Å². The molecule has 1 aromatic rings. The monoisotopic (exact) mass is 309 g/mol. The highest BCUT2D eigenvalue weighted by Gasteiger charge is 2.47. The summed E-state index contributed by atoms with van der Waals surface area (Å²) >= 11 is 0. The topological polar surface area (TPSA) is 95.0 Å². The van der Waals surface area contributed by atoms with E-state index in [1.54, 1.807) is 18.3 Å². The first-order valence-electron chi connectivity index (χ1n) is 5.38. The van der Waals surface area contributed by atoms with Crippen molar-refractivity contribution in [2.24, 2.45) is 0 Å². The molecule has 1 rings (SSSR count). The van der Waals surface area contributed by atoms with Crippen LogP contribution >= 0.6 is 15.2 Å². The highest BCUT2D eigenvalue weighted by molar-refractivity contribution is 7.72. The molecule has 0 aliphatic carbocycles. The van der Waals surface area contributed by atoms with Crippen molar-refractivity contribution in [3.05, 3.63) is 30.1 Å². The molecule has 1 N–H and O–H groups in total. The normalized spacial score (nSPS) is 16.8. The third-order valence-electron chi connectivity index (χ3n) is 2.65. The number of hydrogen-bond acceptors (Lipinski definition) is 6. The lowest BCUT2D eigenvalue weighted by molar-refractivity contribution is 0.259. The second-order valence-electron chi connectivity index (χ2n) is 3.70. The maximum atomic E-state index is 12.4. The number of pyridine rings is 1. The molecule has 0 spiro atoms. The summed E-state index contributed by atoms with van der Waals surface area (Å²) in [5.74, 6) is 0. The van der Waals surface area contributed by atoms with Crippen LogP contribution < -0.4 is 0 Å². The highest BCUT2D eigenvalue weighted by atomic mass is 31.2. The van der Waals surface area contributed by atoms with Crippen LogP contribution in [0.4, 0.5) is 0 Å². The van der Waals surface area contributed by atoms with Gasteiger partial charge < -0.3 is 18.5 Å². The first-order valence-corrected chi connectivity index (χ1v) is 8.63. The van der Waals surface area contributed by atoms with Crippen LogP contribution in [0.5, 0.6) is 0 Å². The fourth-order valence-corrected chi connectivity index (χ4v) is 5.61. The van der Waals surface area contributed by atoms with Crippen LogP contribution in [-0.2, 0) is 29.1 Å². The minimum absolute atomic E-state index is 0.00554. The predicted octanol–water partition coefficient (Wildman–Crippen LogP) is 2.27. The molecule has 0 amide bonds. The van der Waals surface area contributed by atoms with E-state index in [-0.39, 0.29) is 6.42 Å². The van der Waals surface area contributed by atoms with E-state index in [0.29, 0.717) is 5.56 Å². The number of aromatic nitrogens is 1. The lowest BCUT2D eigenvalue weighted by Crippen LogP contribution is -2.16. The Hall–Kier alpha value is -0.550. The van der Waals surface area contributed by atoms with Crippen molar-refractivity contribution in [2.75, 3.05) is 21.3 Å². The molecular formula is C10H17NO6P2. The van der Waals surface area contributed by atoms with Crippen molar-refractivity contribution < 1.29 is 27.6 Å². The lowest BCUT2D eigenvalue weighted by atomic mass is 10.2. The van der Waals surface area contributed by atoms with Gasteiger partial charge >= 0.3 is 15.2 Å². The Morgan fingerprint density at radius 1 is 1.26 bits per heavy atom. The Balaban J connectivity index is 3.14. The summed E-state index contributed by atoms with van der Waals surface area (Å²) in [5, 5.41) is -1.30. The molecule has 0 aliphatic rings. The second kappa shape index (κ2) is 6.75. The zero-order chi connectivity index (χ0) is 14.5. The van der Waals surface area contributed by atoms with E-state index >= 15 is 0 Å². The summed E-state index contributed by atoms with van der Waals surface area (Å²) in [6.07, 6.45) is 3.08. The number of rotatable bonds is 7. The maximum Gasteiger partial charge on any atom is 0.345 e. The van der Waals surface area contributed by atoms with E-state index in [1.165, 1.54) is 6.20 Å². The van der Waals surface area contributed by atoms with Gasteiger partial charge in [0.05, 0.1) is 0 Å². The van der Waals surface area contributed by atoms with Crippen molar-refractivity contribution in [1.82, 2.24) is 4.98 Å². The van der Waals surface area contributed by atoms with Crippen LogP contribution in [0.15, 0.2) is 24.5 Å². The largest absolute Gasteiger partial charge is 0.345 e. The van der Waals surface area contributed by atoms with Gasteiger partial charge in [-0.05, 0) is 18.1 Å². The summed E-state index contributed by atoms with van der Waals surface area (Å²) < 4.78 is 38.6. The molecule has 2 atom stereocenters. The summed E-state index contributed by atoms with van der Waals surface area (Å²) in [6.45, 7) is 0. The van der Waals surface area contributed by atoms with Gasteiger partial charge in [0, 0.05) is 33.7 Å². The molecule has 2 unspecified atom stereocenters. The number of nitrogens with zero attached hydrogens (tertiary/aromatic N) is 1. The standard InChI is InChI=1S/C10H17NO6P2/c1-15-18(12,13)10(19(14,16-2)17-3)7-9-5-4-6-11-8-9/h4-6,8,10H,7H2,1-3H3,(H,12,13). The van der Waals surface area contributed by atoms with Crippen LogP contribution in [0.25, 0.3) is 0 Å². The van der Waals surface area contributed by atoms with Gasteiger partial charge in [0.1, 0.15) is 0 Å². The fraction of sp³-hybridized carbons (Fsp3) is 0.500. The van der Waals surface area contributed by atoms with E-state index in [9.17, 15) is 14.0 Å². The van der Waals surface area contributed by atoms with Crippen LogP contribution in [-0.4, -0.2) is 36.6 Å². The highest BCUT2D eigenvalue weighted by Crippen LogP contribution is 2.67. The van der Waals surface area contributed by atoms with Gasteiger partial charge in [0.2, 0.25) is 0 Å². The molecule has 0 saturated heterocycles. The molecule has 1 aromatic heterocycles. The van der Waals surface area contributed by atoms with E-state index in [0.717, 1.165) is 21.3 Å². The summed E-state index contributed by atoms with van der Waals surface area (Å²) in [6, 6.07) is 3.37. The zero-order valence-electron chi connectivity index (χ0n) is 10.9. The van der Waals surface area contributed by atoms with Gasteiger partial charge in [-0.25, -0.2) is 0 Å². The zero-order valence-corrected chi connectivity index (χ0v) is 12.7. The van der Waals surface area contributed by atoms with E-state index in [4.69, 9.17) is 9.05 Å². The van der Waals surface area contributed by atoms with Gasteiger partial charge in [0.15, 0.2) is 5.40 Å². The maximum absolute atomic E-state index is 12.4. The Kier molecular flexibility index (Phi) is 5.86. The summed E-state index contributed by atoms with van der Waals surface area (Å²) in [7, 11) is -4.50. The molecule has 0 fully saturated rings. The molecule has 0 aliphatic heterocycles. The Morgan fingerprint density at radius 3 is 2.32 bits per heavy atom. The molecule has 0 saturated carbocycles. The van der Waals surface area contributed by atoms with Crippen LogP contribution in [0.2, 0.25) is 0 Å². The van der Waals surface area contributed by atoms with Gasteiger partial charge in [-0.1, -0.05) is 6.07 Å². The van der Waals surface area contributed by atoms with Crippen molar-refractivity contribution >= 4 is 15.2 Å². The first kappa shape index (κ1) is 16.5. The SMILES string of the molecule is COP(=O)(O)C(Cc1cccnc1)P(=O)(OC)OC. The van der Waals surface area contributed by atoms with Crippen molar-refractivity contribution in [3.63, 3.8) is 0 Å². The summed E-state index contributed by atoms with van der Waals surface area (Å²) in [5.41, 5.74) is 0.633. The second-order valence-corrected chi connectivity index (χ2v) is 8.66. The molecule has 0 aromatic carbocycles. The quantitative estimate of drug-likeness (QED) is 0.772. The average Bonchev–Trinajstić information content (AvgIpc) is 2.45. The van der Waals surface area contributed by atoms with Crippen molar-refractivity contribution in [2.45, 2.75) is 11.8 Å². The predicted molar refractivity (Wildman–Crippen MR) is 70.2 cm³/mol. The van der Waals surface area contributed by atoms with E-state index < -0.39 is 20.6 Å². The molecule has 0 bridgehead atoms. The van der Waals surface area contributed by atoms with Gasteiger partial charge in [-0.2, -0.15) is 0 Å². The molecular weight excluding hydrogens is 292 g/mol. The van der Waals surface area contributed by atoms with Gasteiger partial charge in [-0.3, -0.25) is 14.1 Å².